The quantitative estimate of drug-likeness (QED) is 0.372. The summed E-state index contributed by atoms with van der Waals surface area (Å²) in [6.45, 7) is 6.40. The zero-order chi connectivity index (χ0) is 16.8. The van der Waals surface area contributed by atoms with Gasteiger partial charge >= 0.3 is 5.97 Å². The Morgan fingerprint density at radius 2 is 1.91 bits per heavy atom. The van der Waals surface area contributed by atoms with Crippen LogP contribution in [0.3, 0.4) is 0 Å². The summed E-state index contributed by atoms with van der Waals surface area (Å²) >= 11 is 3.40. The van der Waals surface area contributed by atoms with Crippen LogP contribution >= 0.6 is 15.9 Å². The summed E-state index contributed by atoms with van der Waals surface area (Å²) in [4.78, 5) is 14.4. The molecule has 1 aromatic carbocycles. The average molecular weight is 382 g/mol. The van der Waals surface area contributed by atoms with Crippen LogP contribution in [-0.2, 0) is 9.53 Å². The van der Waals surface area contributed by atoms with Crippen LogP contribution in [0.5, 0.6) is 0 Å². The zero-order valence-electron chi connectivity index (χ0n) is 13.9. The summed E-state index contributed by atoms with van der Waals surface area (Å²) in [5, 5.41) is 4.37. The SMILES string of the molecule is CCOC(=O)/C(=N\Nc1ccc(Br)cc1)N1[C@@H](C)CCC[C@@H]1C. The minimum Gasteiger partial charge on any atom is -0.460 e. The molecule has 6 heteroatoms. The first-order chi connectivity index (χ1) is 11.0. The molecule has 23 heavy (non-hydrogen) atoms. The number of nitrogens with one attached hydrogen (secondary N) is 1. The lowest BCUT2D eigenvalue weighted by molar-refractivity contribution is -0.136. The maximum atomic E-state index is 12.4. The predicted molar refractivity (Wildman–Crippen MR) is 96.4 cm³/mol. The first-order valence-corrected chi connectivity index (χ1v) is 8.87. The van der Waals surface area contributed by atoms with Crippen molar-refractivity contribution in [3.8, 4) is 0 Å². The number of likely N-dealkylation sites (tertiary alicyclic amines) is 1. The van der Waals surface area contributed by atoms with E-state index in [-0.39, 0.29) is 18.1 Å². The van der Waals surface area contributed by atoms with Gasteiger partial charge in [-0.1, -0.05) is 15.9 Å². The second-order valence-corrected chi connectivity index (χ2v) is 6.73. The van der Waals surface area contributed by atoms with E-state index < -0.39 is 0 Å². The van der Waals surface area contributed by atoms with Gasteiger partial charge in [0, 0.05) is 16.6 Å². The number of hydrogen-bond donors (Lipinski definition) is 1. The number of hydrazone groups is 1. The Morgan fingerprint density at radius 3 is 2.48 bits per heavy atom. The fourth-order valence-electron chi connectivity index (χ4n) is 2.89. The number of anilines is 1. The highest BCUT2D eigenvalue weighted by Gasteiger charge is 2.32. The normalized spacial score (nSPS) is 21.9. The number of nitrogens with zero attached hydrogens (tertiary/aromatic N) is 2. The van der Waals surface area contributed by atoms with Gasteiger partial charge in [-0.05, 0) is 64.3 Å². The van der Waals surface area contributed by atoms with Crippen LogP contribution in [0.1, 0.15) is 40.0 Å². The number of hydrogen-bond acceptors (Lipinski definition) is 4. The van der Waals surface area contributed by atoms with Gasteiger partial charge in [0.05, 0.1) is 12.3 Å². The lowest BCUT2D eigenvalue weighted by Crippen LogP contribution is -2.51. The van der Waals surface area contributed by atoms with E-state index in [0.717, 1.165) is 23.0 Å². The van der Waals surface area contributed by atoms with Gasteiger partial charge < -0.3 is 9.64 Å². The summed E-state index contributed by atoms with van der Waals surface area (Å²) in [6.07, 6.45) is 3.29. The highest BCUT2D eigenvalue weighted by molar-refractivity contribution is 9.10. The third-order valence-corrected chi connectivity index (χ3v) is 4.56. The molecule has 0 radical (unpaired) electrons. The molecule has 0 spiro atoms. The molecule has 0 bridgehead atoms. The standard InChI is InChI=1S/C17H24BrN3O2/c1-4-23-17(22)16(21-12(2)6-5-7-13(21)3)20-19-15-10-8-14(18)9-11-15/h8-13,19H,4-7H2,1-3H3/b20-16+/t12-,13-/m0/s1. The van der Waals surface area contributed by atoms with Crippen molar-refractivity contribution in [1.29, 1.82) is 0 Å². The van der Waals surface area contributed by atoms with E-state index >= 15 is 0 Å². The first-order valence-electron chi connectivity index (χ1n) is 8.07. The second kappa shape index (κ2) is 8.34. The van der Waals surface area contributed by atoms with Gasteiger partial charge in [-0.2, -0.15) is 0 Å². The number of carbonyl (C=O) groups is 1. The molecule has 1 N–H and O–H groups in total. The van der Waals surface area contributed by atoms with Crippen LogP contribution < -0.4 is 5.43 Å². The van der Waals surface area contributed by atoms with E-state index in [1.165, 1.54) is 6.42 Å². The first kappa shape index (κ1) is 17.8. The highest BCUT2D eigenvalue weighted by Crippen LogP contribution is 2.23. The van der Waals surface area contributed by atoms with E-state index in [1.807, 2.05) is 24.3 Å². The molecular formula is C17H24BrN3O2. The van der Waals surface area contributed by atoms with Crippen molar-refractivity contribution in [1.82, 2.24) is 4.90 Å². The van der Waals surface area contributed by atoms with Crippen molar-refractivity contribution >= 4 is 33.4 Å². The molecule has 1 fully saturated rings. The third kappa shape index (κ3) is 4.70. The van der Waals surface area contributed by atoms with Crippen LogP contribution in [0.25, 0.3) is 0 Å². The molecular weight excluding hydrogens is 358 g/mol. The van der Waals surface area contributed by atoms with Crippen LogP contribution in [0.15, 0.2) is 33.8 Å². The summed E-state index contributed by atoms with van der Waals surface area (Å²) in [7, 11) is 0. The van der Waals surface area contributed by atoms with Gasteiger partial charge in [0.2, 0.25) is 5.84 Å². The fraction of sp³-hybridized carbons (Fsp3) is 0.529. The Morgan fingerprint density at radius 1 is 1.30 bits per heavy atom. The lowest BCUT2D eigenvalue weighted by atomic mass is 9.97. The highest BCUT2D eigenvalue weighted by atomic mass is 79.9. The van der Waals surface area contributed by atoms with Crippen molar-refractivity contribution < 1.29 is 9.53 Å². The lowest BCUT2D eigenvalue weighted by Gasteiger charge is -2.40. The molecule has 0 unspecified atom stereocenters. The maximum Gasteiger partial charge on any atom is 0.376 e. The van der Waals surface area contributed by atoms with Crippen LogP contribution in [0.4, 0.5) is 5.69 Å². The number of piperidine rings is 1. The van der Waals surface area contributed by atoms with Crippen LogP contribution in [-0.4, -0.2) is 35.4 Å². The maximum absolute atomic E-state index is 12.4. The average Bonchev–Trinajstić information content (AvgIpc) is 2.52. The largest absolute Gasteiger partial charge is 0.460 e. The summed E-state index contributed by atoms with van der Waals surface area (Å²) in [5.41, 5.74) is 3.80. The van der Waals surface area contributed by atoms with Gasteiger partial charge in [-0.15, -0.1) is 5.10 Å². The fourth-order valence-corrected chi connectivity index (χ4v) is 3.15. The number of benzene rings is 1. The molecule has 0 aliphatic carbocycles. The molecule has 1 saturated heterocycles. The van der Waals surface area contributed by atoms with Crippen molar-refractivity contribution in [2.45, 2.75) is 52.1 Å². The van der Waals surface area contributed by atoms with E-state index in [1.54, 1.807) is 6.92 Å². The number of amidine groups is 1. The van der Waals surface area contributed by atoms with Gasteiger partial charge in [-0.3, -0.25) is 5.43 Å². The van der Waals surface area contributed by atoms with Gasteiger partial charge in [0.15, 0.2) is 0 Å². The van der Waals surface area contributed by atoms with Crippen molar-refractivity contribution in [2.75, 3.05) is 12.0 Å². The molecule has 2 atom stereocenters. The van der Waals surface area contributed by atoms with Crippen molar-refractivity contribution in [3.63, 3.8) is 0 Å². The Balaban J connectivity index is 2.23. The minimum atomic E-state index is -0.377. The van der Waals surface area contributed by atoms with E-state index in [0.29, 0.717) is 12.4 Å². The molecule has 5 nitrogen and oxygen atoms in total. The van der Waals surface area contributed by atoms with E-state index in [4.69, 9.17) is 4.74 Å². The summed E-state index contributed by atoms with van der Waals surface area (Å²) in [6, 6.07) is 8.20. The Kier molecular flexibility index (Phi) is 6.45. The van der Waals surface area contributed by atoms with Crippen LogP contribution in [0.2, 0.25) is 0 Å². The summed E-state index contributed by atoms with van der Waals surface area (Å²) in [5.74, 6) is -0.0211. The number of ether oxygens (including phenoxy) is 1. The van der Waals surface area contributed by atoms with E-state index in [9.17, 15) is 4.79 Å². The molecule has 0 aromatic heterocycles. The van der Waals surface area contributed by atoms with E-state index in [2.05, 4.69) is 45.2 Å². The molecule has 2 rings (SSSR count). The number of esters is 1. The number of halogens is 1. The topological polar surface area (TPSA) is 53.9 Å². The molecule has 1 aliphatic rings. The zero-order valence-corrected chi connectivity index (χ0v) is 15.5. The molecule has 1 aromatic rings. The number of rotatable bonds is 3. The van der Waals surface area contributed by atoms with Crippen LogP contribution in [0, 0.1) is 0 Å². The predicted octanol–water partition coefficient (Wildman–Crippen LogP) is 4.00. The van der Waals surface area contributed by atoms with Gasteiger partial charge in [0.1, 0.15) is 0 Å². The Labute approximate surface area is 146 Å². The number of carbonyl (C=O) groups excluding carboxylic acids is 1. The van der Waals surface area contributed by atoms with Gasteiger partial charge in [0.25, 0.3) is 0 Å². The Bertz CT molecular complexity index is 549. The molecule has 0 amide bonds. The van der Waals surface area contributed by atoms with Crippen molar-refractivity contribution in [2.24, 2.45) is 5.10 Å². The third-order valence-electron chi connectivity index (χ3n) is 4.03. The second-order valence-electron chi connectivity index (χ2n) is 5.81. The molecule has 126 valence electrons. The molecule has 1 aliphatic heterocycles. The Hall–Kier alpha value is -1.56. The minimum absolute atomic E-state index is 0.272. The van der Waals surface area contributed by atoms with Gasteiger partial charge in [-0.25, -0.2) is 4.79 Å². The molecule has 0 saturated carbocycles. The van der Waals surface area contributed by atoms with Crippen molar-refractivity contribution in [3.05, 3.63) is 28.7 Å². The molecule has 1 heterocycles. The summed E-state index contributed by atoms with van der Waals surface area (Å²) < 4.78 is 6.20. The smallest absolute Gasteiger partial charge is 0.376 e. The monoisotopic (exact) mass is 381 g/mol.